The topological polar surface area (TPSA) is 6.25 Å². The summed E-state index contributed by atoms with van der Waals surface area (Å²) >= 11 is 0. The fourth-order valence-electron chi connectivity index (χ4n) is 2.62. The van der Waals surface area contributed by atoms with Crippen molar-refractivity contribution in [3.05, 3.63) is 0 Å². The van der Waals surface area contributed by atoms with Crippen LogP contribution in [0.4, 0.5) is 0 Å². The van der Waals surface area contributed by atoms with Gasteiger partial charge in [-0.3, -0.25) is 0 Å². The third-order valence-electron chi connectivity index (χ3n) is 3.35. The molecule has 0 amide bonds. The second kappa shape index (κ2) is 4.23. The number of nitrogens with zero attached hydrogens (tertiary/aromatic N) is 2. The fraction of sp³-hybridized carbons (Fsp3) is 0.909. The first-order valence-electron chi connectivity index (χ1n) is 5.75. The Hall–Kier alpha value is -0.370. The molecule has 2 rings (SSSR count). The average molecular weight is 181 g/mol. The quantitative estimate of drug-likeness (QED) is 0.558. The Kier molecular flexibility index (Phi) is 2.99. The van der Waals surface area contributed by atoms with Crippen LogP contribution in [-0.2, 0) is 0 Å². The Labute approximate surface area is 81.2 Å². The standard InChI is InChI=1S/C11H21N2/c1-2-12-9-6-10-13-8-5-3-4-7-11(12)13/h8,11H,2-7,9-10H2,1H3/q+1. The molecule has 2 aliphatic rings. The van der Waals surface area contributed by atoms with E-state index in [0.717, 1.165) is 6.17 Å². The van der Waals surface area contributed by atoms with E-state index >= 15 is 0 Å². The van der Waals surface area contributed by atoms with Crippen molar-refractivity contribution in [2.45, 2.75) is 45.2 Å². The van der Waals surface area contributed by atoms with Crippen molar-refractivity contribution < 1.29 is 4.58 Å². The van der Waals surface area contributed by atoms with Gasteiger partial charge in [0.1, 0.15) is 12.8 Å². The van der Waals surface area contributed by atoms with E-state index in [1.54, 1.807) is 0 Å². The number of hydrogen-bond donors (Lipinski definition) is 0. The van der Waals surface area contributed by atoms with E-state index in [2.05, 4.69) is 22.6 Å². The Morgan fingerprint density at radius 1 is 1.38 bits per heavy atom. The largest absolute Gasteiger partial charge is 0.246 e. The van der Waals surface area contributed by atoms with Crippen molar-refractivity contribution in [1.82, 2.24) is 4.90 Å². The third kappa shape index (κ3) is 1.93. The lowest BCUT2D eigenvalue weighted by Gasteiger charge is -2.31. The Morgan fingerprint density at radius 3 is 3.15 bits per heavy atom. The van der Waals surface area contributed by atoms with Crippen LogP contribution in [0.5, 0.6) is 0 Å². The van der Waals surface area contributed by atoms with Crippen LogP contribution >= 0.6 is 0 Å². The highest BCUT2D eigenvalue weighted by Gasteiger charge is 2.31. The molecule has 1 unspecified atom stereocenters. The maximum Gasteiger partial charge on any atom is 0.208 e. The van der Waals surface area contributed by atoms with Gasteiger partial charge < -0.3 is 0 Å². The summed E-state index contributed by atoms with van der Waals surface area (Å²) in [6, 6.07) is 0. The minimum atomic E-state index is 0.737. The molecule has 1 atom stereocenters. The molecule has 1 fully saturated rings. The minimum absolute atomic E-state index is 0.737. The molecule has 0 radical (unpaired) electrons. The van der Waals surface area contributed by atoms with Gasteiger partial charge in [-0.25, -0.2) is 9.48 Å². The molecule has 0 bridgehead atoms. The molecule has 2 heterocycles. The van der Waals surface area contributed by atoms with E-state index in [-0.39, 0.29) is 0 Å². The molecule has 1 saturated heterocycles. The van der Waals surface area contributed by atoms with Crippen LogP contribution in [0.15, 0.2) is 0 Å². The maximum absolute atomic E-state index is 2.63. The lowest BCUT2D eigenvalue weighted by Crippen LogP contribution is -2.48. The Morgan fingerprint density at radius 2 is 2.31 bits per heavy atom. The molecule has 2 aliphatic heterocycles. The molecular weight excluding hydrogens is 160 g/mol. The monoisotopic (exact) mass is 181 g/mol. The van der Waals surface area contributed by atoms with Crippen molar-refractivity contribution in [3.8, 4) is 0 Å². The summed E-state index contributed by atoms with van der Waals surface area (Å²) in [7, 11) is 0. The molecule has 74 valence electrons. The Balaban J connectivity index is 2.10. The van der Waals surface area contributed by atoms with Crippen molar-refractivity contribution in [3.63, 3.8) is 0 Å². The second-order valence-corrected chi connectivity index (χ2v) is 4.17. The predicted octanol–water partition coefficient (Wildman–Crippen LogP) is 1.70. The van der Waals surface area contributed by atoms with Crippen molar-refractivity contribution in [1.29, 1.82) is 0 Å². The first-order chi connectivity index (χ1) is 6.42. The van der Waals surface area contributed by atoms with E-state index in [9.17, 15) is 0 Å². The number of fused-ring (bicyclic) bond motifs is 1. The van der Waals surface area contributed by atoms with Gasteiger partial charge in [0.15, 0.2) is 0 Å². The van der Waals surface area contributed by atoms with Crippen molar-refractivity contribution >= 4 is 6.21 Å². The van der Waals surface area contributed by atoms with Gasteiger partial charge in [0.05, 0.1) is 0 Å². The van der Waals surface area contributed by atoms with Crippen molar-refractivity contribution in [2.75, 3.05) is 19.6 Å². The van der Waals surface area contributed by atoms with Crippen molar-refractivity contribution in [2.24, 2.45) is 0 Å². The maximum atomic E-state index is 2.63. The van der Waals surface area contributed by atoms with Crippen LogP contribution in [0.1, 0.15) is 39.0 Å². The smallest absolute Gasteiger partial charge is 0.208 e. The van der Waals surface area contributed by atoms with E-state index < -0.39 is 0 Å². The molecule has 0 saturated carbocycles. The van der Waals surface area contributed by atoms with E-state index in [1.807, 2.05) is 0 Å². The van der Waals surface area contributed by atoms with Crippen LogP contribution in [0.2, 0.25) is 0 Å². The zero-order chi connectivity index (χ0) is 9.10. The van der Waals surface area contributed by atoms with E-state index in [0.29, 0.717) is 0 Å². The van der Waals surface area contributed by atoms with Crippen LogP contribution < -0.4 is 0 Å². The van der Waals surface area contributed by atoms with Gasteiger partial charge in [0, 0.05) is 32.4 Å². The van der Waals surface area contributed by atoms with Gasteiger partial charge >= 0.3 is 0 Å². The Bertz CT molecular complexity index is 198. The lowest BCUT2D eigenvalue weighted by molar-refractivity contribution is -0.600. The first kappa shape index (κ1) is 9.20. The molecule has 2 heteroatoms. The SMILES string of the molecule is CCN1CCC[N+]2=CCCCCC12. The van der Waals surface area contributed by atoms with Crippen LogP contribution in [-0.4, -0.2) is 41.5 Å². The summed E-state index contributed by atoms with van der Waals surface area (Å²) in [6.07, 6.45) is 10.0. The molecule has 13 heavy (non-hydrogen) atoms. The zero-order valence-electron chi connectivity index (χ0n) is 8.71. The normalized spacial score (nSPS) is 30.5. The molecule has 0 N–H and O–H groups in total. The first-order valence-corrected chi connectivity index (χ1v) is 5.75. The van der Waals surface area contributed by atoms with Crippen LogP contribution in [0.3, 0.4) is 0 Å². The van der Waals surface area contributed by atoms with Gasteiger partial charge in [-0.05, 0) is 12.8 Å². The molecule has 0 aromatic heterocycles. The summed E-state index contributed by atoms with van der Waals surface area (Å²) < 4.78 is 2.58. The predicted molar refractivity (Wildman–Crippen MR) is 55.3 cm³/mol. The average Bonchev–Trinajstić information content (AvgIpc) is 2.41. The fourth-order valence-corrected chi connectivity index (χ4v) is 2.62. The van der Waals surface area contributed by atoms with Gasteiger partial charge in [-0.1, -0.05) is 6.92 Å². The summed E-state index contributed by atoms with van der Waals surface area (Å²) in [6.45, 7) is 6.11. The zero-order valence-corrected chi connectivity index (χ0v) is 8.71. The molecular formula is C11H21N2+. The molecule has 0 aromatic carbocycles. The van der Waals surface area contributed by atoms with Crippen LogP contribution in [0.25, 0.3) is 0 Å². The van der Waals surface area contributed by atoms with Gasteiger partial charge in [0.25, 0.3) is 0 Å². The molecule has 0 aliphatic carbocycles. The van der Waals surface area contributed by atoms with E-state index in [1.165, 1.54) is 51.7 Å². The van der Waals surface area contributed by atoms with Crippen LogP contribution in [0, 0.1) is 0 Å². The highest BCUT2D eigenvalue weighted by Crippen LogP contribution is 2.18. The lowest BCUT2D eigenvalue weighted by atomic mass is 10.1. The highest BCUT2D eigenvalue weighted by atomic mass is 15.3. The van der Waals surface area contributed by atoms with Gasteiger partial charge in [0.2, 0.25) is 6.17 Å². The summed E-state index contributed by atoms with van der Waals surface area (Å²) in [4.78, 5) is 2.63. The number of hydrogen-bond acceptors (Lipinski definition) is 1. The molecule has 0 spiro atoms. The minimum Gasteiger partial charge on any atom is -0.246 e. The second-order valence-electron chi connectivity index (χ2n) is 4.17. The summed E-state index contributed by atoms with van der Waals surface area (Å²) in [5, 5.41) is 0. The highest BCUT2D eigenvalue weighted by molar-refractivity contribution is 5.51. The van der Waals surface area contributed by atoms with E-state index in [4.69, 9.17) is 0 Å². The summed E-state index contributed by atoms with van der Waals surface area (Å²) in [5.74, 6) is 0. The third-order valence-corrected chi connectivity index (χ3v) is 3.35. The molecule has 0 aromatic rings. The summed E-state index contributed by atoms with van der Waals surface area (Å²) in [5.41, 5.74) is 0. The van der Waals surface area contributed by atoms with Gasteiger partial charge in [-0.15, -0.1) is 0 Å². The molecule has 2 nitrogen and oxygen atoms in total. The number of rotatable bonds is 1. The van der Waals surface area contributed by atoms with Gasteiger partial charge in [-0.2, -0.15) is 0 Å².